The Labute approximate surface area is 174 Å². The fourth-order valence-corrected chi connectivity index (χ4v) is 2.52. The topological polar surface area (TPSA) is 146 Å². The van der Waals surface area contributed by atoms with E-state index in [1.165, 1.54) is 38.3 Å². The highest BCUT2D eigenvalue weighted by atomic mass is 16.7. The first-order valence-corrected chi connectivity index (χ1v) is 9.30. The molecule has 2 N–H and O–H groups in total. The second-order valence-electron chi connectivity index (χ2n) is 6.54. The number of benzene rings is 1. The number of carboxylic acid groups (broad SMARTS) is 1. The van der Waals surface area contributed by atoms with Crippen LogP contribution in [-0.4, -0.2) is 73.9 Å². The van der Waals surface area contributed by atoms with Gasteiger partial charge in [0.15, 0.2) is 5.60 Å². The normalized spacial score (nSPS) is 14.0. The zero-order valence-corrected chi connectivity index (χ0v) is 17.3. The summed E-state index contributed by atoms with van der Waals surface area (Å²) < 4.78 is 20.8. The van der Waals surface area contributed by atoms with E-state index in [0.29, 0.717) is 6.61 Å². The number of rotatable bonds is 15. The molecule has 0 aliphatic carbocycles. The van der Waals surface area contributed by atoms with E-state index in [0.717, 1.165) is 0 Å². The lowest BCUT2D eigenvalue weighted by Crippen LogP contribution is -2.49. The number of methoxy groups -OCH3 is 1. The Morgan fingerprint density at radius 2 is 1.90 bits per heavy atom. The van der Waals surface area contributed by atoms with E-state index in [1.54, 1.807) is 6.92 Å². The molecular weight excluding hydrogens is 400 g/mol. The molecule has 168 valence electrons. The van der Waals surface area contributed by atoms with Crippen molar-refractivity contribution >= 4 is 17.6 Å². The molecule has 0 spiro atoms. The number of nitrogens with one attached hydrogen (secondary N) is 1. The maximum absolute atomic E-state index is 12.6. The zero-order chi connectivity index (χ0) is 22.6. The average molecular weight is 428 g/mol. The van der Waals surface area contributed by atoms with Crippen molar-refractivity contribution in [1.29, 1.82) is 0 Å². The molecule has 0 unspecified atom stereocenters. The van der Waals surface area contributed by atoms with Gasteiger partial charge in [-0.05, 0) is 26.0 Å². The minimum atomic E-state index is -1.60. The molecule has 0 bridgehead atoms. The van der Waals surface area contributed by atoms with E-state index < -0.39 is 28.4 Å². The van der Waals surface area contributed by atoms with Gasteiger partial charge in [-0.15, -0.1) is 0 Å². The van der Waals surface area contributed by atoms with Gasteiger partial charge < -0.3 is 29.4 Å². The summed E-state index contributed by atoms with van der Waals surface area (Å²) in [6.45, 7) is 3.86. The molecule has 0 aliphatic heterocycles. The number of ether oxygens (including phenoxy) is 4. The molecule has 0 radical (unpaired) electrons. The third kappa shape index (κ3) is 8.41. The summed E-state index contributed by atoms with van der Waals surface area (Å²) in [5.41, 5.74) is -1.55. The van der Waals surface area contributed by atoms with Crippen LogP contribution in [0.1, 0.15) is 30.6 Å². The van der Waals surface area contributed by atoms with Gasteiger partial charge in [-0.25, -0.2) is 4.79 Å². The van der Waals surface area contributed by atoms with E-state index in [4.69, 9.17) is 18.9 Å². The minimum absolute atomic E-state index is 0.0186. The van der Waals surface area contributed by atoms with Crippen LogP contribution in [-0.2, 0) is 23.7 Å². The minimum Gasteiger partial charge on any atom is -0.479 e. The Hall–Kier alpha value is -2.60. The van der Waals surface area contributed by atoms with Crippen LogP contribution in [0.3, 0.4) is 0 Å². The number of carbonyl (C=O) groups excluding carboxylic acids is 1. The summed E-state index contributed by atoms with van der Waals surface area (Å²) in [6.07, 6.45) is -0.0864. The lowest BCUT2D eigenvalue weighted by Gasteiger charge is -2.30. The van der Waals surface area contributed by atoms with Crippen LogP contribution in [0.25, 0.3) is 0 Å². The molecular formula is C19H28N2O9. The number of carboxylic acids is 1. The van der Waals surface area contributed by atoms with Crippen LogP contribution in [0.15, 0.2) is 24.3 Å². The van der Waals surface area contributed by atoms with Crippen LogP contribution < -0.4 is 5.32 Å². The first-order valence-electron chi connectivity index (χ1n) is 9.30. The van der Waals surface area contributed by atoms with E-state index in [-0.39, 0.29) is 44.3 Å². The molecule has 0 saturated heterocycles. The highest BCUT2D eigenvalue weighted by Crippen LogP contribution is 2.20. The number of nitro benzene ring substituents is 1. The molecule has 30 heavy (non-hydrogen) atoms. The van der Waals surface area contributed by atoms with Gasteiger partial charge >= 0.3 is 5.97 Å². The maximum atomic E-state index is 12.6. The van der Waals surface area contributed by atoms with E-state index >= 15 is 0 Å². The van der Waals surface area contributed by atoms with Gasteiger partial charge in [0.05, 0.1) is 30.8 Å². The SMILES string of the molecule is CCOCOC[C@H](C[C@@](C)(OCCOC)C(=O)O)NC(=O)c1ccc([N+](=O)[O-])cc1. The molecule has 0 aromatic heterocycles. The Balaban J connectivity index is 2.90. The average Bonchev–Trinajstić information content (AvgIpc) is 2.71. The molecule has 1 aromatic rings. The number of nitrogens with zero attached hydrogens (tertiary/aromatic N) is 1. The van der Waals surface area contributed by atoms with Crippen molar-refractivity contribution in [2.75, 3.05) is 40.3 Å². The number of aliphatic carboxylic acids is 1. The molecule has 0 fully saturated rings. The van der Waals surface area contributed by atoms with Crippen LogP contribution >= 0.6 is 0 Å². The van der Waals surface area contributed by atoms with Gasteiger partial charge in [0.1, 0.15) is 6.79 Å². The highest BCUT2D eigenvalue weighted by molar-refractivity contribution is 5.94. The molecule has 11 nitrogen and oxygen atoms in total. The molecule has 0 saturated carbocycles. The summed E-state index contributed by atoms with van der Waals surface area (Å²) in [4.78, 5) is 34.5. The Bertz CT molecular complexity index is 696. The smallest absolute Gasteiger partial charge is 0.335 e. The van der Waals surface area contributed by atoms with Crippen LogP contribution in [0.4, 0.5) is 5.69 Å². The lowest BCUT2D eigenvalue weighted by molar-refractivity contribution is -0.384. The second kappa shape index (κ2) is 12.9. The summed E-state index contributed by atoms with van der Waals surface area (Å²) in [5.74, 6) is -1.72. The van der Waals surface area contributed by atoms with Crippen molar-refractivity contribution in [2.45, 2.75) is 31.9 Å². The number of amides is 1. The lowest BCUT2D eigenvalue weighted by atomic mass is 9.96. The number of non-ortho nitro benzene ring substituents is 1. The monoisotopic (exact) mass is 428 g/mol. The van der Waals surface area contributed by atoms with Gasteiger partial charge in [-0.3, -0.25) is 14.9 Å². The predicted octanol–water partition coefficient (Wildman–Crippen LogP) is 1.60. The summed E-state index contributed by atoms with van der Waals surface area (Å²) in [6, 6.07) is 4.33. The van der Waals surface area contributed by atoms with Gasteiger partial charge in [0.25, 0.3) is 11.6 Å². The summed E-state index contributed by atoms with van der Waals surface area (Å²) >= 11 is 0. The van der Waals surface area contributed by atoms with E-state index in [9.17, 15) is 24.8 Å². The Kier molecular flexibility index (Phi) is 10.9. The van der Waals surface area contributed by atoms with E-state index in [1.807, 2.05) is 0 Å². The van der Waals surface area contributed by atoms with Crippen LogP contribution in [0.5, 0.6) is 0 Å². The first-order chi connectivity index (χ1) is 14.2. The van der Waals surface area contributed by atoms with Crippen molar-refractivity contribution in [3.63, 3.8) is 0 Å². The fraction of sp³-hybridized carbons (Fsp3) is 0.579. The van der Waals surface area contributed by atoms with Gasteiger partial charge in [-0.2, -0.15) is 0 Å². The zero-order valence-electron chi connectivity index (χ0n) is 17.3. The molecule has 1 aromatic carbocycles. The standard InChI is InChI=1S/C19H28N2O9/c1-4-28-13-29-12-15(11-19(2,18(23)24)30-10-9-27-3)20-17(22)14-5-7-16(8-6-14)21(25)26/h5-8,15H,4,9-13H2,1-3H3,(H,20,22)(H,23,24)/t15-,19+/m0/s1. The molecule has 1 amide bonds. The van der Waals surface area contributed by atoms with Gasteiger partial charge in [-0.1, -0.05) is 0 Å². The van der Waals surface area contributed by atoms with Crippen LogP contribution in [0, 0.1) is 10.1 Å². The quantitative estimate of drug-likeness (QED) is 0.184. The van der Waals surface area contributed by atoms with Gasteiger partial charge in [0, 0.05) is 37.8 Å². The number of hydrogen-bond acceptors (Lipinski definition) is 8. The summed E-state index contributed by atoms with van der Waals surface area (Å²) in [5, 5.41) is 23.1. The molecule has 0 heterocycles. The highest BCUT2D eigenvalue weighted by Gasteiger charge is 2.37. The molecule has 0 aliphatic rings. The molecule has 11 heteroatoms. The van der Waals surface area contributed by atoms with Crippen molar-refractivity contribution in [1.82, 2.24) is 5.32 Å². The van der Waals surface area contributed by atoms with E-state index in [2.05, 4.69) is 5.32 Å². The number of carbonyl (C=O) groups is 2. The van der Waals surface area contributed by atoms with Crippen molar-refractivity contribution in [3.8, 4) is 0 Å². The van der Waals surface area contributed by atoms with Crippen molar-refractivity contribution in [2.24, 2.45) is 0 Å². The number of nitro groups is 1. The number of hydrogen-bond donors (Lipinski definition) is 2. The van der Waals surface area contributed by atoms with Crippen molar-refractivity contribution in [3.05, 3.63) is 39.9 Å². The molecule has 1 rings (SSSR count). The van der Waals surface area contributed by atoms with Gasteiger partial charge in [0.2, 0.25) is 0 Å². The third-order valence-corrected chi connectivity index (χ3v) is 4.16. The van der Waals surface area contributed by atoms with Crippen molar-refractivity contribution < 1.29 is 38.6 Å². The Morgan fingerprint density at radius 1 is 1.23 bits per heavy atom. The molecule has 2 atom stereocenters. The second-order valence-corrected chi connectivity index (χ2v) is 6.54. The Morgan fingerprint density at radius 3 is 2.43 bits per heavy atom. The first kappa shape index (κ1) is 25.4. The largest absolute Gasteiger partial charge is 0.479 e. The summed E-state index contributed by atoms with van der Waals surface area (Å²) in [7, 11) is 1.47. The van der Waals surface area contributed by atoms with Crippen LogP contribution in [0.2, 0.25) is 0 Å². The maximum Gasteiger partial charge on any atom is 0.335 e. The predicted molar refractivity (Wildman–Crippen MR) is 105 cm³/mol. The fourth-order valence-electron chi connectivity index (χ4n) is 2.52. The third-order valence-electron chi connectivity index (χ3n) is 4.16.